The Morgan fingerprint density at radius 3 is 2.61 bits per heavy atom. The van der Waals surface area contributed by atoms with E-state index in [0.29, 0.717) is 30.5 Å². The summed E-state index contributed by atoms with van der Waals surface area (Å²) in [6, 6.07) is 1.54. The van der Waals surface area contributed by atoms with Crippen molar-refractivity contribution in [1.29, 1.82) is 0 Å². The number of aromatic nitrogens is 4. The molecule has 204 valence electrons. The maximum absolute atomic E-state index is 12.3. The van der Waals surface area contributed by atoms with Crippen LogP contribution in [0, 0.1) is 12.8 Å². The van der Waals surface area contributed by atoms with Crippen LogP contribution in [0.4, 0.5) is 11.8 Å². The number of aliphatic hydroxyl groups is 2. The van der Waals surface area contributed by atoms with Gasteiger partial charge in [-0.25, -0.2) is 9.97 Å². The third-order valence-electron chi connectivity index (χ3n) is 7.23. The highest BCUT2D eigenvalue weighted by Gasteiger charge is 2.42. The van der Waals surface area contributed by atoms with Crippen LogP contribution in [-0.2, 0) is 4.79 Å². The average molecular weight is 539 g/mol. The van der Waals surface area contributed by atoms with Crippen molar-refractivity contribution >= 4 is 39.1 Å². The molecule has 3 aromatic rings. The summed E-state index contributed by atoms with van der Waals surface area (Å²) in [5.74, 6) is 1.33. The van der Waals surface area contributed by atoms with Crippen molar-refractivity contribution < 1.29 is 15.0 Å². The minimum absolute atomic E-state index is 0.120. The van der Waals surface area contributed by atoms with E-state index in [1.54, 1.807) is 11.3 Å². The number of nitrogens with zero attached hydrogens (tertiary/aromatic N) is 4. The van der Waals surface area contributed by atoms with E-state index < -0.39 is 18.2 Å². The van der Waals surface area contributed by atoms with Crippen LogP contribution in [0.1, 0.15) is 83.5 Å². The van der Waals surface area contributed by atoms with Gasteiger partial charge in [0.15, 0.2) is 0 Å². The monoisotopic (exact) mass is 538 g/mol. The van der Waals surface area contributed by atoms with E-state index in [1.807, 2.05) is 46.9 Å². The lowest BCUT2D eigenvalue weighted by atomic mass is 9.96. The number of anilines is 2. The van der Waals surface area contributed by atoms with E-state index in [9.17, 15) is 15.0 Å². The SMILES string of the molecule is CCCC(=O)C[C@H]1C[C@@H](Nc2nc(NC(C)(C)C)nc(C)c2-c2nc3c(C4CC4)nccc3s2)[C@H](O)[C@@H]1O. The average Bonchev–Trinajstić information content (AvgIpc) is 3.53. The normalized spacial score (nSPS) is 23.7. The molecule has 0 aliphatic heterocycles. The molecule has 5 rings (SSSR count). The smallest absolute Gasteiger partial charge is 0.225 e. The molecule has 0 spiro atoms. The molecule has 2 fully saturated rings. The molecule has 4 N–H and O–H groups in total. The van der Waals surface area contributed by atoms with Crippen LogP contribution < -0.4 is 10.6 Å². The molecule has 10 heteroatoms. The van der Waals surface area contributed by atoms with E-state index in [4.69, 9.17) is 15.0 Å². The van der Waals surface area contributed by atoms with Crippen molar-refractivity contribution in [3.8, 4) is 10.6 Å². The highest BCUT2D eigenvalue weighted by atomic mass is 32.1. The Labute approximate surface area is 227 Å². The van der Waals surface area contributed by atoms with E-state index in [1.165, 1.54) is 0 Å². The number of rotatable bonds is 9. The van der Waals surface area contributed by atoms with Gasteiger partial charge < -0.3 is 20.8 Å². The highest BCUT2D eigenvalue weighted by molar-refractivity contribution is 7.21. The predicted molar refractivity (Wildman–Crippen MR) is 151 cm³/mol. The molecule has 0 bridgehead atoms. The first kappa shape index (κ1) is 26.9. The van der Waals surface area contributed by atoms with Gasteiger partial charge in [0, 0.05) is 30.5 Å². The van der Waals surface area contributed by atoms with Crippen LogP contribution in [0.15, 0.2) is 12.3 Å². The Bertz CT molecular complexity index is 1330. The summed E-state index contributed by atoms with van der Waals surface area (Å²) in [5, 5.41) is 29.2. The van der Waals surface area contributed by atoms with Crippen molar-refractivity contribution in [1.82, 2.24) is 19.9 Å². The van der Waals surface area contributed by atoms with Crippen LogP contribution in [0.3, 0.4) is 0 Å². The number of nitrogens with one attached hydrogen (secondary N) is 2. The molecule has 2 aliphatic rings. The number of pyridine rings is 1. The molecule has 3 heterocycles. The van der Waals surface area contributed by atoms with E-state index >= 15 is 0 Å². The third kappa shape index (κ3) is 5.67. The molecule has 0 radical (unpaired) electrons. The number of hydrogen-bond acceptors (Lipinski definition) is 10. The lowest BCUT2D eigenvalue weighted by Gasteiger charge is -2.24. The summed E-state index contributed by atoms with van der Waals surface area (Å²) in [6.07, 6.45) is 4.16. The number of ketones is 1. The number of aryl methyl sites for hydroxylation is 1. The molecule has 2 saturated carbocycles. The molecule has 3 aromatic heterocycles. The molecule has 4 atom stereocenters. The Kier molecular flexibility index (Phi) is 7.41. The van der Waals surface area contributed by atoms with Gasteiger partial charge in [-0.05, 0) is 65.4 Å². The minimum Gasteiger partial charge on any atom is -0.390 e. The zero-order valence-electron chi connectivity index (χ0n) is 22.8. The Morgan fingerprint density at radius 2 is 1.92 bits per heavy atom. The predicted octanol–water partition coefficient (Wildman–Crippen LogP) is 4.83. The zero-order valence-corrected chi connectivity index (χ0v) is 23.6. The van der Waals surface area contributed by atoms with E-state index in [0.717, 1.165) is 51.4 Å². The third-order valence-corrected chi connectivity index (χ3v) is 8.27. The summed E-state index contributed by atoms with van der Waals surface area (Å²) >= 11 is 1.58. The maximum Gasteiger partial charge on any atom is 0.225 e. The second-order valence-corrected chi connectivity index (χ2v) is 12.8. The molecular formula is C28H38N6O3S. The van der Waals surface area contributed by atoms with Crippen LogP contribution >= 0.6 is 11.3 Å². The molecule has 9 nitrogen and oxygen atoms in total. The van der Waals surface area contributed by atoms with Crippen molar-refractivity contribution in [3.05, 3.63) is 23.7 Å². The lowest BCUT2D eigenvalue weighted by Crippen LogP contribution is -2.36. The van der Waals surface area contributed by atoms with Crippen molar-refractivity contribution in [2.75, 3.05) is 10.6 Å². The van der Waals surface area contributed by atoms with Crippen LogP contribution in [0.25, 0.3) is 20.8 Å². The summed E-state index contributed by atoms with van der Waals surface area (Å²) in [5.41, 5.74) is 3.28. The maximum atomic E-state index is 12.3. The topological polar surface area (TPSA) is 133 Å². The highest BCUT2D eigenvalue weighted by Crippen LogP contribution is 2.44. The van der Waals surface area contributed by atoms with Crippen molar-refractivity contribution in [2.45, 2.75) is 103 Å². The fourth-order valence-corrected chi connectivity index (χ4v) is 6.35. The van der Waals surface area contributed by atoms with Gasteiger partial charge in [0.2, 0.25) is 5.95 Å². The first-order valence-corrected chi connectivity index (χ1v) is 14.4. The molecule has 0 aromatic carbocycles. The lowest BCUT2D eigenvalue weighted by molar-refractivity contribution is -0.121. The molecule has 38 heavy (non-hydrogen) atoms. The molecule has 0 amide bonds. The largest absolute Gasteiger partial charge is 0.390 e. The Balaban J connectivity index is 1.51. The molecule has 0 unspecified atom stereocenters. The number of Topliss-reactive ketones (excluding diaryl/α,β-unsaturated/α-hetero) is 1. The fourth-order valence-electron chi connectivity index (χ4n) is 5.28. The quantitative estimate of drug-likeness (QED) is 0.302. The number of carbonyl (C=O) groups excluding carboxylic acids is 1. The zero-order chi connectivity index (χ0) is 27.2. The van der Waals surface area contributed by atoms with Crippen LogP contribution in [0.2, 0.25) is 0 Å². The van der Waals surface area contributed by atoms with Gasteiger partial charge in [-0.15, -0.1) is 11.3 Å². The number of carbonyl (C=O) groups is 1. The van der Waals surface area contributed by atoms with Gasteiger partial charge in [0.05, 0.1) is 33.8 Å². The van der Waals surface area contributed by atoms with Gasteiger partial charge in [-0.3, -0.25) is 9.78 Å². The Morgan fingerprint density at radius 1 is 1.16 bits per heavy atom. The standard InChI is InChI=1S/C28H38N6O3S/c1-6-7-17(35)12-16-13-18(24(37)23(16)36)31-25-20(14(2)30-27(33-25)34-28(3,4)5)26-32-22-19(38-26)10-11-29-21(22)15-8-9-15/h10-11,15-16,18,23-24,36-37H,6-9,12-13H2,1-5H3,(H2,30,31,33,34)/t16-,18+,23+,24-/m0/s1. The minimum atomic E-state index is -1.02. The summed E-state index contributed by atoms with van der Waals surface area (Å²) in [7, 11) is 0. The Hall–Kier alpha value is -2.69. The molecular weight excluding hydrogens is 500 g/mol. The summed E-state index contributed by atoms with van der Waals surface area (Å²) in [6.45, 7) is 10.0. The first-order chi connectivity index (χ1) is 18.0. The van der Waals surface area contributed by atoms with Gasteiger partial charge in [-0.2, -0.15) is 4.98 Å². The molecule has 0 saturated heterocycles. The van der Waals surface area contributed by atoms with Crippen molar-refractivity contribution in [3.63, 3.8) is 0 Å². The number of aliphatic hydroxyl groups excluding tert-OH is 2. The number of hydrogen-bond donors (Lipinski definition) is 4. The summed E-state index contributed by atoms with van der Waals surface area (Å²) < 4.78 is 1.07. The van der Waals surface area contributed by atoms with Gasteiger partial charge in [0.25, 0.3) is 0 Å². The van der Waals surface area contributed by atoms with Crippen LogP contribution in [0.5, 0.6) is 0 Å². The van der Waals surface area contributed by atoms with E-state index in [2.05, 4.69) is 15.6 Å². The first-order valence-electron chi connectivity index (χ1n) is 13.6. The van der Waals surface area contributed by atoms with Crippen molar-refractivity contribution in [2.24, 2.45) is 5.92 Å². The van der Waals surface area contributed by atoms with Gasteiger partial charge in [-0.1, -0.05) is 6.92 Å². The van der Waals surface area contributed by atoms with Gasteiger partial charge in [0.1, 0.15) is 28.2 Å². The molecule has 2 aliphatic carbocycles. The fraction of sp³-hybridized carbons (Fsp3) is 0.607. The second kappa shape index (κ2) is 10.5. The number of thiazole rings is 1. The van der Waals surface area contributed by atoms with Gasteiger partial charge >= 0.3 is 0 Å². The van der Waals surface area contributed by atoms with E-state index in [-0.39, 0.29) is 23.7 Å². The summed E-state index contributed by atoms with van der Waals surface area (Å²) in [4.78, 5) is 31.5. The van der Waals surface area contributed by atoms with Crippen LogP contribution in [-0.4, -0.2) is 59.7 Å². The number of fused-ring (bicyclic) bond motifs is 1. The second-order valence-electron chi connectivity index (χ2n) is 11.8.